The van der Waals surface area contributed by atoms with Crippen LogP contribution in [0.3, 0.4) is 0 Å². The van der Waals surface area contributed by atoms with E-state index in [2.05, 4.69) is 10.6 Å². The van der Waals surface area contributed by atoms with E-state index in [1.165, 1.54) is 6.07 Å². The van der Waals surface area contributed by atoms with Gasteiger partial charge in [-0.25, -0.2) is 0 Å². The minimum Gasteiger partial charge on any atom is -0.486 e. The van der Waals surface area contributed by atoms with E-state index in [9.17, 15) is 9.59 Å². The first-order valence-electron chi connectivity index (χ1n) is 8.72. The summed E-state index contributed by atoms with van der Waals surface area (Å²) in [4.78, 5) is 24.2. The lowest BCUT2D eigenvalue weighted by atomic mass is 10.2. The second-order valence-electron chi connectivity index (χ2n) is 6.20. The first-order chi connectivity index (χ1) is 13.9. The summed E-state index contributed by atoms with van der Waals surface area (Å²) in [5, 5.41) is 6.44. The number of halogens is 2. The van der Waals surface area contributed by atoms with E-state index < -0.39 is 5.91 Å². The van der Waals surface area contributed by atoms with Crippen LogP contribution in [-0.2, 0) is 11.4 Å². The SMILES string of the molecule is Cc1cc(Cl)ccc1NC(=O)CNC(=O)c1ccc(COc2ccc(Cl)cc2)o1. The second-order valence-corrected chi connectivity index (χ2v) is 7.07. The highest BCUT2D eigenvalue weighted by atomic mass is 35.5. The number of amides is 2. The lowest BCUT2D eigenvalue weighted by Crippen LogP contribution is -2.32. The van der Waals surface area contributed by atoms with Crippen LogP contribution >= 0.6 is 23.2 Å². The Labute approximate surface area is 177 Å². The maximum atomic E-state index is 12.2. The van der Waals surface area contributed by atoms with Gasteiger partial charge in [0.05, 0.1) is 6.54 Å². The largest absolute Gasteiger partial charge is 0.486 e. The van der Waals surface area contributed by atoms with Crippen LogP contribution in [0.4, 0.5) is 5.69 Å². The predicted molar refractivity (Wildman–Crippen MR) is 112 cm³/mol. The Morgan fingerprint density at radius 3 is 2.45 bits per heavy atom. The van der Waals surface area contributed by atoms with E-state index in [0.717, 1.165) is 5.56 Å². The fourth-order valence-electron chi connectivity index (χ4n) is 2.47. The number of furan rings is 1. The van der Waals surface area contributed by atoms with Gasteiger partial charge < -0.3 is 19.8 Å². The van der Waals surface area contributed by atoms with Gasteiger partial charge >= 0.3 is 0 Å². The van der Waals surface area contributed by atoms with Gasteiger partial charge in [-0.2, -0.15) is 0 Å². The lowest BCUT2D eigenvalue weighted by molar-refractivity contribution is -0.115. The van der Waals surface area contributed by atoms with Crippen LogP contribution in [-0.4, -0.2) is 18.4 Å². The van der Waals surface area contributed by atoms with E-state index in [1.54, 1.807) is 48.5 Å². The number of nitrogens with one attached hydrogen (secondary N) is 2. The maximum absolute atomic E-state index is 12.2. The molecular formula is C21H18Cl2N2O4. The van der Waals surface area contributed by atoms with E-state index in [0.29, 0.717) is 27.2 Å². The van der Waals surface area contributed by atoms with Crippen LogP contribution in [0, 0.1) is 6.92 Å². The quantitative estimate of drug-likeness (QED) is 0.559. The Morgan fingerprint density at radius 1 is 1.00 bits per heavy atom. The van der Waals surface area contributed by atoms with Gasteiger partial charge in [0.25, 0.3) is 5.91 Å². The smallest absolute Gasteiger partial charge is 0.287 e. The van der Waals surface area contributed by atoms with E-state index in [-0.39, 0.29) is 24.8 Å². The van der Waals surface area contributed by atoms with Crippen LogP contribution < -0.4 is 15.4 Å². The van der Waals surface area contributed by atoms with Crippen molar-refractivity contribution in [1.29, 1.82) is 0 Å². The number of aryl methyl sites for hydroxylation is 1. The molecule has 1 heterocycles. The summed E-state index contributed by atoms with van der Waals surface area (Å²) in [6.07, 6.45) is 0. The van der Waals surface area contributed by atoms with Crippen molar-refractivity contribution in [2.75, 3.05) is 11.9 Å². The number of hydrogen-bond acceptors (Lipinski definition) is 4. The summed E-state index contributed by atoms with van der Waals surface area (Å²) in [6.45, 7) is 1.79. The van der Waals surface area contributed by atoms with E-state index >= 15 is 0 Å². The van der Waals surface area contributed by atoms with Gasteiger partial charge in [0.15, 0.2) is 5.76 Å². The molecule has 0 saturated carbocycles. The van der Waals surface area contributed by atoms with Crippen molar-refractivity contribution in [2.24, 2.45) is 0 Å². The molecule has 0 radical (unpaired) electrons. The van der Waals surface area contributed by atoms with Crippen molar-refractivity contribution in [3.63, 3.8) is 0 Å². The maximum Gasteiger partial charge on any atom is 0.287 e. The number of carbonyl (C=O) groups is 2. The molecule has 150 valence electrons. The number of hydrogen-bond donors (Lipinski definition) is 2. The summed E-state index contributed by atoms with van der Waals surface area (Å²) in [6, 6.07) is 15.2. The van der Waals surface area contributed by atoms with Crippen LogP contribution in [0.15, 0.2) is 59.0 Å². The fourth-order valence-corrected chi connectivity index (χ4v) is 2.82. The van der Waals surface area contributed by atoms with Crippen molar-refractivity contribution in [3.05, 3.63) is 81.7 Å². The van der Waals surface area contributed by atoms with Gasteiger partial charge in [0.1, 0.15) is 18.1 Å². The number of anilines is 1. The zero-order valence-corrected chi connectivity index (χ0v) is 17.0. The van der Waals surface area contributed by atoms with Gasteiger partial charge in [-0.3, -0.25) is 9.59 Å². The Hall–Kier alpha value is -2.96. The Morgan fingerprint density at radius 2 is 1.72 bits per heavy atom. The molecule has 2 N–H and O–H groups in total. The molecule has 0 unspecified atom stereocenters. The first kappa shape index (κ1) is 20.8. The Bertz CT molecular complexity index is 1020. The Balaban J connectivity index is 1.48. The Kier molecular flexibility index (Phi) is 6.80. The second kappa shape index (κ2) is 9.49. The minimum atomic E-state index is -0.495. The molecule has 0 bridgehead atoms. The molecule has 0 aliphatic rings. The highest BCUT2D eigenvalue weighted by Crippen LogP contribution is 2.20. The van der Waals surface area contributed by atoms with Gasteiger partial charge in [0, 0.05) is 15.7 Å². The topological polar surface area (TPSA) is 80.6 Å². The molecule has 8 heteroatoms. The van der Waals surface area contributed by atoms with Gasteiger partial charge in [0.2, 0.25) is 5.91 Å². The van der Waals surface area contributed by atoms with Crippen LogP contribution in [0.2, 0.25) is 10.0 Å². The monoisotopic (exact) mass is 432 g/mol. The summed E-state index contributed by atoms with van der Waals surface area (Å²) < 4.78 is 11.0. The van der Waals surface area contributed by atoms with Crippen molar-refractivity contribution < 1.29 is 18.7 Å². The summed E-state index contributed by atoms with van der Waals surface area (Å²) in [5.41, 5.74) is 1.46. The van der Waals surface area contributed by atoms with Crippen LogP contribution in [0.1, 0.15) is 21.9 Å². The normalized spacial score (nSPS) is 10.4. The van der Waals surface area contributed by atoms with Crippen molar-refractivity contribution >= 4 is 40.7 Å². The average Bonchev–Trinajstić information content (AvgIpc) is 3.17. The molecule has 0 aliphatic heterocycles. The third kappa shape index (κ3) is 6.01. The fraction of sp³-hybridized carbons (Fsp3) is 0.143. The zero-order chi connectivity index (χ0) is 20.8. The number of ether oxygens (including phenoxy) is 1. The third-order valence-corrected chi connectivity index (χ3v) is 4.44. The van der Waals surface area contributed by atoms with Gasteiger partial charge in [-0.1, -0.05) is 23.2 Å². The van der Waals surface area contributed by atoms with E-state index in [4.69, 9.17) is 32.4 Å². The summed E-state index contributed by atoms with van der Waals surface area (Å²) in [5.74, 6) is 0.347. The zero-order valence-electron chi connectivity index (χ0n) is 15.5. The highest BCUT2D eigenvalue weighted by molar-refractivity contribution is 6.31. The molecule has 0 atom stereocenters. The molecule has 6 nitrogen and oxygen atoms in total. The van der Waals surface area contributed by atoms with Crippen molar-refractivity contribution in [3.8, 4) is 5.75 Å². The number of rotatable bonds is 7. The predicted octanol–water partition coefficient (Wildman–Crippen LogP) is 4.84. The lowest BCUT2D eigenvalue weighted by Gasteiger charge is -2.09. The van der Waals surface area contributed by atoms with Gasteiger partial charge in [-0.15, -0.1) is 0 Å². The molecule has 3 aromatic rings. The minimum absolute atomic E-state index is 0.0928. The number of benzene rings is 2. The molecule has 0 aliphatic carbocycles. The summed E-state index contributed by atoms with van der Waals surface area (Å²) in [7, 11) is 0. The summed E-state index contributed by atoms with van der Waals surface area (Å²) >= 11 is 11.7. The van der Waals surface area contributed by atoms with E-state index in [1.807, 2.05) is 6.92 Å². The molecule has 0 saturated heterocycles. The molecule has 0 spiro atoms. The molecule has 1 aromatic heterocycles. The standard InChI is InChI=1S/C21H18Cl2N2O4/c1-13-10-15(23)4-8-18(13)25-20(26)11-24-21(27)19-9-7-17(29-19)12-28-16-5-2-14(22)3-6-16/h2-10H,11-12H2,1H3,(H,24,27)(H,25,26). The average molecular weight is 433 g/mol. The molecule has 3 rings (SSSR count). The van der Waals surface area contributed by atoms with Crippen LogP contribution in [0.5, 0.6) is 5.75 Å². The van der Waals surface area contributed by atoms with Crippen LogP contribution in [0.25, 0.3) is 0 Å². The van der Waals surface area contributed by atoms with Crippen molar-refractivity contribution in [1.82, 2.24) is 5.32 Å². The molecule has 2 amide bonds. The number of carbonyl (C=O) groups excluding carboxylic acids is 2. The molecular weight excluding hydrogens is 415 g/mol. The third-order valence-electron chi connectivity index (χ3n) is 3.95. The first-order valence-corrected chi connectivity index (χ1v) is 9.47. The molecule has 29 heavy (non-hydrogen) atoms. The van der Waals surface area contributed by atoms with Gasteiger partial charge in [-0.05, 0) is 67.1 Å². The highest BCUT2D eigenvalue weighted by Gasteiger charge is 2.13. The molecule has 2 aromatic carbocycles. The molecule has 0 fully saturated rings. The van der Waals surface area contributed by atoms with Crippen molar-refractivity contribution in [2.45, 2.75) is 13.5 Å².